The van der Waals surface area contributed by atoms with Crippen LogP contribution in [0.1, 0.15) is 58.4 Å². The molecule has 0 aromatic heterocycles. The third-order valence-electron chi connectivity index (χ3n) is 5.84. The van der Waals surface area contributed by atoms with Crippen molar-refractivity contribution in [3.05, 3.63) is 89.5 Å². The van der Waals surface area contributed by atoms with Crippen LogP contribution in [0.5, 0.6) is 5.75 Å². The Balaban J connectivity index is 1.45. The lowest BCUT2D eigenvalue weighted by Crippen LogP contribution is -2.24. The fourth-order valence-electron chi connectivity index (χ4n) is 4.03. The number of carboxylic acid groups (broad SMARTS) is 1. The van der Waals surface area contributed by atoms with Gasteiger partial charge in [-0.3, -0.25) is 4.79 Å². The molecule has 0 saturated heterocycles. The van der Waals surface area contributed by atoms with E-state index in [0.29, 0.717) is 35.3 Å². The van der Waals surface area contributed by atoms with Crippen LogP contribution in [0.3, 0.4) is 0 Å². The van der Waals surface area contributed by atoms with Crippen molar-refractivity contribution in [2.24, 2.45) is 0 Å². The standard InChI is InChI=1S/C27H28N2O4/c30-26(29-22-12-14-23(15-13-22)33-18-19-7-3-1-4-8-19)24-17-20(27(31)32)11-16-25(24)28-21-9-5-2-6-10-21/h1,3-4,7-8,11-17,21,28H,2,5-6,9-10,18H2,(H,29,30)(H,31,32). The summed E-state index contributed by atoms with van der Waals surface area (Å²) < 4.78 is 5.79. The van der Waals surface area contributed by atoms with Gasteiger partial charge in [-0.1, -0.05) is 49.6 Å². The maximum atomic E-state index is 13.1. The Bertz CT molecular complexity index is 1090. The van der Waals surface area contributed by atoms with E-state index >= 15 is 0 Å². The molecule has 170 valence electrons. The molecule has 0 atom stereocenters. The summed E-state index contributed by atoms with van der Waals surface area (Å²) >= 11 is 0. The van der Waals surface area contributed by atoms with Gasteiger partial charge in [-0.2, -0.15) is 0 Å². The number of hydrogen-bond donors (Lipinski definition) is 3. The molecule has 4 rings (SSSR count). The Hall–Kier alpha value is -3.80. The van der Waals surface area contributed by atoms with Crippen molar-refractivity contribution in [2.45, 2.75) is 44.8 Å². The van der Waals surface area contributed by atoms with E-state index in [1.54, 1.807) is 30.3 Å². The van der Waals surface area contributed by atoms with Crippen LogP contribution in [0.15, 0.2) is 72.8 Å². The number of carbonyl (C=O) groups excluding carboxylic acids is 1. The van der Waals surface area contributed by atoms with Crippen molar-refractivity contribution in [1.29, 1.82) is 0 Å². The second-order valence-corrected chi connectivity index (χ2v) is 8.30. The summed E-state index contributed by atoms with van der Waals surface area (Å²) in [6.07, 6.45) is 5.64. The third-order valence-corrected chi connectivity index (χ3v) is 5.84. The summed E-state index contributed by atoms with van der Waals surface area (Å²) in [5.41, 5.74) is 2.75. The van der Waals surface area contributed by atoms with Crippen LogP contribution < -0.4 is 15.4 Å². The molecule has 0 aliphatic heterocycles. The Labute approximate surface area is 193 Å². The van der Waals surface area contributed by atoms with E-state index in [1.807, 2.05) is 30.3 Å². The smallest absolute Gasteiger partial charge is 0.335 e. The average molecular weight is 445 g/mol. The van der Waals surface area contributed by atoms with Crippen LogP contribution in [0.25, 0.3) is 0 Å². The molecule has 6 heteroatoms. The minimum atomic E-state index is -1.06. The monoisotopic (exact) mass is 444 g/mol. The van der Waals surface area contributed by atoms with Gasteiger partial charge >= 0.3 is 5.97 Å². The van der Waals surface area contributed by atoms with Gasteiger partial charge in [0.1, 0.15) is 12.4 Å². The van der Waals surface area contributed by atoms with Gasteiger partial charge in [0.2, 0.25) is 0 Å². The highest BCUT2D eigenvalue weighted by atomic mass is 16.5. The van der Waals surface area contributed by atoms with E-state index in [4.69, 9.17) is 4.74 Å². The number of rotatable bonds is 8. The van der Waals surface area contributed by atoms with E-state index in [1.165, 1.54) is 18.6 Å². The van der Waals surface area contributed by atoms with Crippen LogP contribution in [-0.2, 0) is 6.61 Å². The number of benzene rings is 3. The molecule has 0 unspecified atom stereocenters. The summed E-state index contributed by atoms with van der Waals surface area (Å²) in [7, 11) is 0. The summed E-state index contributed by atoms with van der Waals surface area (Å²) in [6, 6.07) is 22.0. The predicted octanol–water partition coefficient (Wildman–Crippen LogP) is 5.96. The molecule has 33 heavy (non-hydrogen) atoms. The minimum absolute atomic E-state index is 0.0824. The van der Waals surface area contributed by atoms with Gasteiger partial charge in [-0.05, 0) is 60.9 Å². The molecule has 0 heterocycles. The number of carboxylic acids is 1. The highest BCUT2D eigenvalue weighted by Gasteiger charge is 2.19. The largest absolute Gasteiger partial charge is 0.489 e. The lowest BCUT2D eigenvalue weighted by Gasteiger charge is -2.25. The van der Waals surface area contributed by atoms with Crippen molar-refractivity contribution in [1.82, 2.24) is 0 Å². The second-order valence-electron chi connectivity index (χ2n) is 8.30. The quantitative estimate of drug-likeness (QED) is 0.399. The molecular weight excluding hydrogens is 416 g/mol. The number of nitrogens with one attached hydrogen (secondary N) is 2. The molecule has 1 aliphatic carbocycles. The van der Waals surface area contributed by atoms with E-state index < -0.39 is 5.97 Å². The van der Waals surface area contributed by atoms with Crippen molar-refractivity contribution < 1.29 is 19.4 Å². The van der Waals surface area contributed by atoms with Crippen molar-refractivity contribution in [3.8, 4) is 5.75 Å². The van der Waals surface area contributed by atoms with Gasteiger partial charge < -0.3 is 20.5 Å². The van der Waals surface area contributed by atoms with Crippen LogP contribution in [-0.4, -0.2) is 23.0 Å². The molecule has 0 bridgehead atoms. The molecule has 3 N–H and O–H groups in total. The normalized spacial score (nSPS) is 13.8. The Kier molecular flexibility index (Phi) is 7.25. The highest BCUT2D eigenvalue weighted by molar-refractivity contribution is 6.09. The maximum absolute atomic E-state index is 13.1. The number of carbonyl (C=O) groups is 2. The van der Waals surface area contributed by atoms with E-state index in [9.17, 15) is 14.7 Å². The Morgan fingerprint density at radius 3 is 2.33 bits per heavy atom. The van der Waals surface area contributed by atoms with Gasteiger partial charge in [-0.15, -0.1) is 0 Å². The van der Waals surface area contributed by atoms with Crippen molar-refractivity contribution in [3.63, 3.8) is 0 Å². The summed E-state index contributed by atoms with van der Waals surface area (Å²) in [6.45, 7) is 0.463. The van der Waals surface area contributed by atoms with Gasteiger partial charge in [0.15, 0.2) is 0 Å². The fourth-order valence-corrected chi connectivity index (χ4v) is 4.03. The van der Waals surface area contributed by atoms with E-state index in [0.717, 1.165) is 31.2 Å². The summed E-state index contributed by atoms with van der Waals surface area (Å²) in [5.74, 6) is -0.716. The lowest BCUT2D eigenvalue weighted by molar-refractivity contribution is 0.0697. The molecule has 3 aromatic rings. The highest BCUT2D eigenvalue weighted by Crippen LogP contribution is 2.26. The number of hydrogen-bond acceptors (Lipinski definition) is 4. The molecular formula is C27H28N2O4. The van der Waals surface area contributed by atoms with E-state index in [2.05, 4.69) is 10.6 Å². The molecule has 1 aliphatic rings. The first-order chi connectivity index (χ1) is 16.1. The molecule has 1 fully saturated rings. The number of aromatic carboxylic acids is 1. The first kappa shape index (κ1) is 22.4. The zero-order chi connectivity index (χ0) is 23.0. The number of anilines is 2. The SMILES string of the molecule is O=C(O)c1ccc(NC2CCCCC2)c(C(=O)Nc2ccc(OCc3ccccc3)cc2)c1. The molecule has 0 radical (unpaired) electrons. The van der Waals surface area contributed by atoms with Gasteiger partial charge in [0.25, 0.3) is 5.91 Å². The molecule has 3 aromatic carbocycles. The molecule has 1 saturated carbocycles. The van der Waals surface area contributed by atoms with Crippen molar-refractivity contribution >= 4 is 23.3 Å². The maximum Gasteiger partial charge on any atom is 0.335 e. The molecule has 6 nitrogen and oxygen atoms in total. The van der Waals surface area contributed by atoms with Gasteiger partial charge in [0, 0.05) is 17.4 Å². The minimum Gasteiger partial charge on any atom is -0.489 e. The predicted molar refractivity (Wildman–Crippen MR) is 129 cm³/mol. The summed E-state index contributed by atoms with van der Waals surface area (Å²) in [4.78, 5) is 24.5. The first-order valence-electron chi connectivity index (χ1n) is 11.3. The topological polar surface area (TPSA) is 87.7 Å². The zero-order valence-corrected chi connectivity index (χ0v) is 18.4. The molecule has 0 spiro atoms. The second kappa shape index (κ2) is 10.7. The Morgan fingerprint density at radius 1 is 0.909 bits per heavy atom. The van der Waals surface area contributed by atoms with Gasteiger partial charge in [0.05, 0.1) is 11.1 Å². The summed E-state index contributed by atoms with van der Waals surface area (Å²) in [5, 5.41) is 15.7. The first-order valence-corrected chi connectivity index (χ1v) is 11.3. The Morgan fingerprint density at radius 2 is 1.64 bits per heavy atom. The van der Waals surface area contributed by atoms with E-state index in [-0.39, 0.29) is 11.5 Å². The van der Waals surface area contributed by atoms with Gasteiger partial charge in [-0.25, -0.2) is 4.79 Å². The zero-order valence-electron chi connectivity index (χ0n) is 18.4. The molecule has 1 amide bonds. The van der Waals surface area contributed by atoms with Crippen LogP contribution in [0, 0.1) is 0 Å². The average Bonchev–Trinajstić information content (AvgIpc) is 2.85. The van der Waals surface area contributed by atoms with Crippen LogP contribution >= 0.6 is 0 Å². The van der Waals surface area contributed by atoms with Crippen LogP contribution in [0.4, 0.5) is 11.4 Å². The lowest BCUT2D eigenvalue weighted by atomic mass is 9.95. The fraction of sp³-hybridized carbons (Fsp3) is 0.259. The number of ether oxygens (including phenoxy) is 1. The van der Waals surface area contributed by atoms with Crippen LogP contribution in [0.2, 0.25) is 0 Å². The third kappa shape index (κ3) is 6.13. The number of amides is 1. The van der Waals surface area contributed by atoms with Crippen molar-refractivity contribution in [2.75, 3.05) is 10.6 Å².